The molecule has 1 aliphatic rings. The van der Waals surface area contributed by atoms with Crippen LogP contribution in [0, 0.1) is 0 Å². The van der Waals surface area contributed by atoms with Crippen LogP contribution in [-0.2, 0) is 6.54 Å². The van der Waals surface area contributed by atoms with Crippen LogP contribution in [0.4, 0.5) is 5.69 Å². The molecule has 0 saturated heterocycles. The molecular formula is C15H23BrN2. The van der Waals surface area contributed by atoms with Crippen LogP contribution >= 0.6 is 15.9 Å². The summed E-state index contributed by atoms with van der Waals surface area (Å²) in [5.41, 5.74) is 2.65. The van der Waals surface area contributed by atoms with Gasteiger partial charge in [0.25, 0.3) is 0 Å². The second kappa shape index (κ2) is 6.58. The standard InChI is InChI=1S/C15H23BrN2/c1-17-11-12-8-9-14(10-15(12)16)18(2)13-6-4-3-5-7-13/h8-10,13,17H,3-7,11H2,1-2H3. The molecular weight excluding hydrogens is 288 g/mol. The number of anilines is 1. The number of benzene rings is 1. The van der Waals surface area contributed by atoms with Gasteiger partial charge in [-0.05, 0) is 37.6 Å². The number of hydrogen-bond acceptors (Lipinski definition) is 2. The van der Waals surface area contributed by atoms with Crippen molar-refractivity contribution >= 4 is 21.6 Å². The second-order valence-electron chi connectivity index (χ2n) is 5.21. The Labute approximate surface area is 119 Å². The van der Waals surface area contributed by atoms with Gasteiger partial charge >= 0.3 is 0 Å². The Morgan fingerprint density at radius 2 is 2.00 bits per heavy atom. The summed E-state index contributed by atoms with van der Waals surface area (Å²) < 4.78 is 1.21. The predicted molar refractivity (Wildman–Crippen MR) is 82.2 cm³/mol. The molecule has 2 rings (SSSR count). The van der Waals surface area contributed by atoms with Crippen molar-refractivity contribution in [1.29, 1.82) is 0 Å². The third-order valence-electron chi connectivity index (χ3n) is 3.93. The molecule has 0 radical (unpaired) electrons. The fourth-order valence-electron chi connectivity index (χ4n) is 2.77. The van der Waals surface area contributed by atoms with E-state index >= 15 is 0 Å². The number of nitrogens with zero attached hydrogens (tertiary/aromatic N) is 1. The summed E-state index contributed by atoms with van der Waals surface area (Å²) in [5, 5.41) is 3.19. The van der Waals surface area contributed by atoms with Gasteiger partial charge in [0.05, 0.1) is 0 Å². The smallest absolute Gasteiger partial charge is 0.0377 e. The van der Waals surface area contributed by atoms with Crippen LogP contribution in [0.2, 0.25) is 0 Å². The molecule has 0 bridgehead atoms. The fraction of sp³-hybridized carbons (Fsp3) is 0.600. The van der Waals surface area contributed by atoms with E-state index in [4.69, 9.17) is 0 Å². The summed E-state index contributed by atoms with van der Waals surface area (Å²) in [5.74, 6) is 0. The number of halogens is 1. The first-order valence-electron chi connectivity index (χ1n) is 6.88. The lowest BCUT2D eigenvalue weighted by Gasteiger charge is -2.33. The molecule has 1 aromatic carbocycles. The summed E-state index contributed by atoms with van der Waals surface area (Å²) >= 11 is 3.67. The van der Waals surface area contributed by atoms with Crippen molar-refractivity contribution in [3.8, 4) is 0 Å². The van der Waals surface area contributed by atoms with Crippen LogP contribution < -0.4 is 10.2 Å². The van der Waals surface area contributed by atoms with E-state index in [9.17, 15) is 0 Å². The normalized spacial score (nSPS) is 16.8. The van der Waals surface area contributed by atoms with Gasteiger partial charge in [0.2, 0.25) is 0 Å². The highest BCUT2D eigenvalue weighted by molar-refractivity contribution is 9.10. The minimum atomic E-state index is 0.723. The fourth-order valence-corrected chi connectivity index (χ4v) is 3.28. The summed E-state index contributed by atoms with van der Waals surface area (Å²) in [6.07, 6.45) is 6.86. The molecule has 1 fully saturated rings. The van der Waals surface area contributed by atoms with Gasteiger partial charge in [0, 0.05) is 29.8 Å². The topological polar surface area (TPSA) is 15.3 Å². The summed E-state index contributed by atoms with van der Waals surface area (Å²) in [6.45, 7) is 0.911. The SMILES string of the molecule is CNCc1ccc(N(C)C2CCCCC2)cc1Br. The number of rotatable bonds is 4. The average molecular weight is 311 g/mol. The van der Waals surface area contributed by atoms with Gasteiger partial charge in [-0.15, -0.1) is 0 Å². The third kappa shape index (κ3) is 3.27. The van der Waals surface area contributed by atoms with Crippen molar-refractivity contribution in [1.82, 2.24) is 5.32 Å². The summed E-state index contributed by atoms with van der Waals surface area (Å²) in [7, 11) is 4.21. The van der Waals surface area contributed by atoms with Crippen molar-refractivity contribution in [2.75, 3.05) is 19.0 Å². The molecule has 0 amide bonds. The molecule has 0 unspecified atom stereocenters. The minimum Gasteiger partial charge on any atom is -0.372 e. The van der Waals surface area contributed by atoms with Crippen molar-refractivity contribution in [2.45, 2.75) is 44.7 Å². The van der Waals surface area contributed by atoms with Crippen LogP contribution in [0.15, 0.2) is 22.7 Å². The van der Waals surface area contributed by atoms with Gasteiger partial charge in [-0.2, -0.15) is 0 Å². The number of nitrogens with one attached hydrogen (secondary N) is 1. The predicted octanol–water partition coefficient (Wildman–Crippen LogP) is 3.94. The maximum Gasteiger partial charge on any atom is 0.0377 e. The molecule has 18 heavy (non-hydrogen) atoms. The van der Waals surface area contributed by atoms with E-state index in [0.29, 0.717) is 0 Å². The molecule has 1 N–H and O–H groups in total. The Kier molecular flexibility index (Phi) is 5.07. The molecule has 0 spiro atoms. The average Bonchev–Trinajstić information content (AvgIpc) is 2.41. The molecule has 0 aliphatic heterocycles. The zero-order valence-corrected chi connectivity index (χ0v) is 13.0. The monoisotopic (exact) mass is 310 g/mol. The maximum absolute atomic E-state index is 3.67. The molecule has 1 aliphatic carbocycles. The van der Waals surface area contributed by atoms with E-state index in [1.54, 1.807) is 0 Å². The van der Waals surface area contributed by atoms with E-state index < -0.39 is 0 Å². The first-order chi connectivity index (χ1) is 8.72. The van der Waals surface area contributed by atoms with Gasteiger partial charge in [0.1, 0.15) is 0 Å². The van der Waals surface area contributed by atoms with Gasteiger partial charge in [-0.1, -0.05) is 41.3 Å². The Morgan fingerprint density at radius 3 is 2.61 bits per heavy atom. The number of hydrogen-bond donors (Lipinski definition) is 1. The van der Waals surface area contributed by atoms with Crippen LogP contribution in [-0.4, -0.2) is 20.1 Å². The Hall–Kier alpha value is -0.540. The van der Waals surface area contributed by atoms with Crippen molar-refractivity contribution < 1.29 is 0 Å². The largest absolute Gasteiger partial charge is 0.372 e. The van der Waals surface area contributed by atoms with Gasteiger partial charge in [-0.3, -0.25) is 0 Å². The molecule has 100 valence electrons. The maximum atomic E-state index is 3.67. The van der Waals surface area contributed by atoms with Crippen LogP contribution in [0.1, 0.15) is 37.7 Å². The lowest BCUT2D eigenvalue weighted by molar-refractivity contribution is 0.427. The molecule has 3 heteroatoms. The van der Waals surface area contributed by atoms with Crippen LogP contribution in [0.3, 0.4) is 0 Å². The summed E-state index contributed by atoms with van der Waals surface area (Å²) in [4.78, 5) is 2.45. The van der Waals surface area contributed by atoms with E-state index in [0.717, 1.165) is 12.6 Å². The van der Waals surface area contributed by atoms with Crippen molar-refractivity contribution in [3.05, 3.63) is 28.2 Å². The highest BCUT2D eigenvalue weighted by Gasteiger charge is 2.18. The Morgan fingerprint density at radius 1 is 1.28 bits per heavy atom. The lowest BCUT2D eigenvalue weighted by Crippen LogP contribution is -2.33. The minimum absolute atomic E-state index is 0.723. The molecule has 0 heterocycles. The van der Waals surface area contributed by atoms with Crippen LogP contribution in [0.25, 0.3) is 0 Å². The molecule has 2 nitrogen and oxygen atoms in total. The zero-order valence-electron chi connectivity index (χ0n) is 11.4. The van der Waals surface area contributed by atoms with Gasteiger partial charge in [-0.25, -0.2) is 0 Å². The Bertz CT molecular complexity index is 386. The van der Waals surface area contributed by atoms with E-state index in [2.05, 4.69) is 51.4 Å². The molecule has 0 aromatic heterocycles. The van der Waals surface area contributed by atoms with Gasteiger partial charge < -0.3 is 10.2 Å². The Balaban J connectivity index is 2.10. The quantitative estimate of drug-likeness (QED) is 0.906. The van der Waals surface area contributed by atoms with Crippen molar-refractivity contribution in [2.24, 2.45) is 0 Å². The second-order valence-corrected chi connectivity index (χ2v) is 6.06. The van der Waals surface area contributed by atoms with Crippen LogP contribution in [0.5, 0.6) is 0 Å². The molecule has 1 aromatic rings. The highest BCUT2D eigenvalue weighted by atomic mass is 79.9. The summed E-state index contributed by atoms with van der Waals surface area (Å²) in [6, 6.07) is 7.43. The molecule has 1 saturated carbocycles. The van der Waals surface area contributed by atoms with E-state index in [1.165, 1.54) is 47.8 Å². The highest BCUT2D eigenvalue weighted by Crippen LogP contribution is 2.29. The lowest BCUT2D eigenvalue weighted by atomic mass is 9.94. The van der Waals surface area contributed by atoms with E-state index in [1.807, 2.05) is 7.05 Å². The van der Waals surface area contributed by atoms with E-state index in [-0.39, 0.29) is 0 Å². The third-order valence-corrected chi connectivity index (χ3v) is 4.67. The van der Waals surface area contributed by atoms with Gasteiger partial charge in [0.15, 0.2) is 0 Å². The first kappa shape index (κ1) is 13.9. The first-order valence-corrected chi connectivity index (χ1v) is 7.67. The van der Waals surface area contributed by atoms with Crippen molar-refractivity contribution in [3.63, 3.8) is 0 Å². The zero-order chi connectivity index (χ0) is 13.0. The molecule has 0 atom stereocenters.